The lowest BCUT2D eigenvalue weighted by Gasteiger charge is -2.17. The molecule has 0 aromatic heterocycles. The third-order valence-corrected chi connectivity index (χ3v) is 2.90. The Labute approximate surface area is 137 Å². The minimum Gasteiger partial charge on any atom is -0.486 e. The summed E-state index contributed by atoms with van der Waals surface area (Å²) in [7, 11) is 0. The van der Waals surface area contributed by atoms with Crippen LogP contribution in [0, 0.1) is 0 Å². The van der Waals surface area contributed by atoms with Crippen LogP contribution in [0.4, 0.5) is 0 Å². The third-order valence-electron chi connectivity index (χ3n) is 2.90. The maximum atomic E-state index is 5.30. The van der Waals surface area contributed by atoms with E-state index < -0.39 is 0 Å². The topological polar surface area (TPSA) is 36.9 Å². The minimum absolute atomic E-state index is 0.664. The zero-order valence-corrected chi connectivity index (χ0v) is 13.8. The fourth-order valence-corrected chi connectivity index (χ4v) is 1.98. The second-order valence-corrected chi connectivity index (χ2v) is 4.99. The summed E-state index contributed by atoms with van der Waals surface area (Å²) in [6.07, 6.45) is 1.25. The Kier molecular flexibility index (Phi) is 7.11. The van der Waals surface area contributed by atoms with Gasteiger partial charge in [0, 0.05) is 0 Å². The number of ether oxygens (including phenoxy) is 4. The fraction of sp³-hybridized carbons (Fsp3) is 0.368. The summed E-state index contributed by atoms with van der Waals surface area (Å²) >= 11 is 0. The molecule has 2 aliphatic heterocycles. The molecule has 124 valence electrons. The molecule has 4 rings (SSSR count). The Hall–Kier alpha value is -2.36. The molecule has 0 unspecified atom stereocenters. The Morgan fingerprint density at radius 3 is 1.00 bits per heavy atom. The molecule has 2 aliphatic rings. The second kappa shape index (κ2) is 9.62. The van der Waals surface area contributed by atoms with Gasteiger partial charge in [-0.2, -0.15) is 0 Å². The summed E-state index contributed by atoms with van der Waals surface area (Å²) in [6.45, 7) is 6.90. The van der Waals surface area contributed by atoms with E-state index in [0.29, 0.717) is 26.4 Å². The van der Waals surface area contributed by atoms with Crippen LogP contribution < -0.4 is 18.9 Å². The van der Waals surface area contributed by atoms with E-state index in [0.717, 1.165) is 23.0 Å². The molecular weight excluding hydrogens is 292 g/mol. The molecule has 0 atom stereocenters. The zero-order chi connectivity index (χ0) is 16.3. The molecule has 0 saturated heterocycles. The van der Waals surface area contributed by atoms with E-state index >= 15 is 0 Å². The van der Waals surface area contributed by atoms with Crippen molar-refractivity contribution in [2.45, 2.75) is 20.3 Å². The maximum absolute atomic E-state index is 5.30. The van der Waals surface area contributed by atoms with Gasteiger partial charge in [-0.1, -0.05) is 44.5 Å². The molecule has 4 nitrogen and oxygen atoms in total. The van der Waals surface area contributed by atoms with Gasteiger partial charge in [-0.25, -0.2) is 0 Å². The number of fused-ring (bicyclic) bond motifs is 2. The quantitative estimate of drug-likeness (QED) is 0.725. The van der Waals surface area contributed by atoms with Crippen LogP contribution in [-0.2, 0) is 0 Å². The SMILES string of the molecule is CCC.c1ccc2c(c1)OCCO2.c1ccc2c(c1)OCCO2. The van der Waals surface area contributed by atoms with Gasteiger partial charge in [0.05, 0.1) is 0 Å². The van der Waals surface area contributed by atoms with Crippen LogP contribution in [0.1, 0.15) is 20.3 Å². The Morgan fingerprint density at radius 1 is 0.565 bits per heavy atom. The maximum Gasteiger partial charge on any atom is 0.161 e. The lowest BCUT2D eigenvalue weighted by molar-refractivity contribution is 0.171. The number of benzene rings is 2. The third kappa shape index (κ3) is 5.40. The van der Waals surface area contributed by atoms with Crippen molar-refractivity contribution < 1.29 is 18.9 Å². The fourth-order valence-electron chi connectivity index (χ4n) is 1.98. The van der Waals surface area contributed by atoms with Crippen molar-refractivity contribution in [2.24, 2.45) is 0 Å². The van der Waals surface area contributed by atoms with Crippen molar-refractivity contribution in [1.82, 2.24) is 0 Å². The molecule has 2 aromatic carbocycles. The number of para-hydroxylation sites is 4. The van der Waals surface area contributed by atoms with Crippen LogP contribution >= 0.6 is 0 Å². The predicted molar refractivity (Wildman–Crippen MR) is 90.8 cm³/mol. The summed E-state index contributed by atoms with van der Waals surface area (Å²) in [5, 5.41) is 0. The largest absolute Gasteiger partial charge is 0.486 e. The molecule has 2 heterocycles. The summed E-state index contributed by atoms with van der Waals surface area (Å²) in [6, 6.07) is 15.4. The van der Waals surface area contributed by atoms with E-state index in [-0.39, 0.29) is 0 Å². The number of hydrogen-bond donors (Lipinski definition) is 0. The van der Waals surface area contributed by atoms with Gasteiger partial charge in [0.2, 0.25) is 0 Å². The van der Waals surface area contributed by atoms with Gasteiger partial charge in [0.15, 0.2) is 23.0 Å². The highest BCUT2D eigenvalue weighted by Gasteiger charge is 2.08. The van der Waals surface area contributed by atoms with Crippen molar-refractivity contribution in [1.29, 1.82) is 0 Å². The van der Waals surface area contributed by atoms with Gasteiger partial charge in [-0.3, -0.25) is 0 Å². The van der Waals surface area contributed by atoms with Gasteiger partial charge in [-0.15, -0.1) is 0 Å². The summed E-state index contributed by atoms with van der Waals surface area (Å²) in [4.78, 5) is 0. The molecule has 0 N–H and O–H groups in total. The molecule has 0 spiro atoms. The summed E-state index contributed by atoms with van der Waals surface area (Å²) < 4.78 is 21.2. The molecule has 0 bridgehead atoms. The Bertz CT molecular complexity index is 482. The molecular formula is C19H24O4. The summed E-state index contributed by atoms with van der Waals surface area (Å²) in [5.74, 6) is 3.42. The van der Waals surface area contributed by atoms with E-state index in [9.17, 15) is 0 Å². The van der Waals surface area contributed by atoms with Gasteiger partial charge in [0.1, 0.15) is 26.4 Å². The van der Waals surface area contributed by atoms with Crippen LogP contribution in [0.25, 0.3) is 0 Å². The van der Waals surface area contributed by atoms with Crippen LogP contribution in [0.5, 0.6) is 23.0 Å². The highest BCUT2D eigenvalue weighted by Crippen LogP contribution is 2.29. The monoisotopic (exact) mass is 316 g/mol. The minimum atomic E-state index is 0.664. The van der Waals surface area contributed by atoms with Crippen LogP contribution in [0.2, 0.25) is 0 Å². The standard InChI is InChI=1S/2C8H8O2.C3H8/c2*1-2-4-8-7(3-1)9-5-6-10-8;1-3-2/h2*1-4H,5-6H2;3H2,1-2H3. The highest BCUT2D eigenvalue weighted by atomic mass is 16.6. The van der Waals surface area contributed by atoms with Crippen molar-refractivity contribution in [3.8, 4) is 23.0 Å². The highest BCUT2D eigenvalue weighted by molar-refractivity contribution is 5.40. The first-order valence-electron chi connectivity index (χ1n) is 8.04. The second-order valence-electron chi connectivity index (χ2n) is 4.99. The first-order valence-corrected chi connectivity index (χ1v) is 8.04. The average molecular weight is 316 g/mol. The first-order chi connectivity index (χ1) is 11.3. The molecule has 0 radical (unpaired) electrons. The van der Waals surface area contributed by atoms with E-state index in [1.807, 2.05) is 48.5 Å². The van der Waals surface area contributed by atoms with E-state index in [4.69, 9.17) is 18.9 Å². The molecule has 4 heteroatoms. The lowest BCUT2D eigenvalue weighted by Crippen LogP contribution is -2.14. The molecule has 2 aromatic rings. The molecule has 0 fully saturated rings. The van der Waals surface area contributed by atoms with Gasteiger partial charge >= 0.3 is 0 Å². The normalized spacial score (nSPS) is 13.7. The van der Waals surface area contributed by atoms with Crippen molar-refractivity contribution in [3.63, 3.8) is 0 Å². The van der Waals surface area contributed by atoms with Gasteiger partial charge < -0.3 is 18.9 Å². The number of hydrogen-bond acceptors (Lipinski definition) is 4. The zero-order valence-electron chi connectivity index (χ0n) is 13.8. The lowest BCUT2D eigenvalue weighted by atomic mass is 10.3. The predicted octanol–water partition coefficient (Wildman–Crippen LogP) is 4.33. The Balaban J connectivity index is 0.000000143. The van der Waals surface area contributed by atoms with Crippen LogP contribution in [0.15, 0.2) is 48.5 Å². The van der Waals surface area contributed by atoms with E-state index in [1.54, 1.807) is 0 Å². The van der Waals surface area contributed by atoms with Crippen molar-refractivity contribution >= 4 is 0 Å². The molecule has 0 amide bonds. The van der Waals surface area contributed by atoms with E-state index in [2.05, 4.69) is 13.8 Å². The van der Waals surface area contributed by atoms with Crippen LogP contribution in [0.3, 0.4) is 0 Å². The molecule has 0 saturated carbocycles. The van der Waals surface area contributed by atoms with E-state index in [1.165, 1.54) is 6.42 Å². The first kappa shape index (κ1) is 17.0. The van der Waals surface area contributed by atoms with Crippen molar-refractivity contribution in [3.05, 3.63) is 48.5 Å². The Morgan fingerprint density at radius 2 is 0.783 bits per heavy atom. The van der Waals surface area contributed by atoms with Crippen LogP contribution in [-0.4, -0.2) is 26.4 Å². The van der Waals surface area contributed by atoms with Crippen molar-refractivity contribution in [2.75, 3.05) is 26.4 Å². The smallest absolute Gasteiger partial charge is 0.161 e. The summed E-state index contributed by atoms with van der Waals surface area (Å²) in [5.41, 5.74) is 0. The number of rotatable bonds is 0. The van der Waals surface area contributed by atoms with Gasteiger partial charge in [-0.05, 0) is 24.3 Å². The van der Waals surface area contributed by atoms with Gasteiger partial charge in [0.25, 0.3) is 0 Å². The molecule has 23 heavy (non-hydrogen) atoms. The molecule has 0 aliphatic carbocycles. The average Bonchev–Trinajstić information content (AvgIpc) is 2.63.